The van der Waals surface area contributed by atoms with Crippen LogP contribution in [-0.4, -0.2) is 32.8 Å². The molecule has 0 aliphatic carbocycles. The summed E-state index contributed by atoms with van der Waals surface area (Å²) in [5, 5.41) is 9.51. The van der Waals surface area contributed by atoms with Crippen LogP contribution in [0.5, 0.6) is 5.75 Å². The van der Waals surface area contributed by atoms with Crippen LogP contribution in [0, 0.1) is 0 Å². The van der Waals surface area contributed by atoms with Gasteiger partial charge in [0.2, 0.25) is 10.0 Å². The van der Waals surface area contributed by atoms with E-state index in [1.165, 1.54) is 12.1 Å². The zero-order chi connectivity index (χ0) is 14.3. The van der Waals surface area contributed by atoms with Gasteiger partial charge < -0.3 is 9.84 Å². The topological polar surface area (TPSA) is 75.6 Å². The van der Waals surface area contributed by atoms with Crippen molar-refractivity contribution in [2.75, 3.05) is 13.2 Å². The zero-order valence-corrected chi connectivity index (χ0v) is 12.1. The lowest BCUT2D eigenvalue weighted by Gasteiger charge is -2.09. The number of ether oxygens (including phenoxy) is 1. The van der Waals surface area contributed by atoms with Crippen molar-refractivity contribution in [2.24, 2.45) is 0 Å². The van der Waals surface area contributed by atoms with E-state index in [9.17, 15) is 13.5 Å². The van der Waals surface area contributed by atoms with Gasteiger partial charge in [0, 0.05) is 13.2 Å². The summed E-state index contributed by atoms with van der Waals surface area (Å²) >= 11 is 0. The van der Waals surface area contributed by atoms with Crippen molar-refractivity contribution in [2.45, 2.75) is 37.7 Å². The van der Waals surface area contributed by atoms with Crippen LogP contribution in [0.15, 0.2) is 29.2 Å². The summed E-state index contributed by atoms with van der Waals surface area (Å²) in [5.74, 6) is -0.238. The van der Waals surface area contributed by atoms with E-state index in [0.717, 1.165) is 6.42 Å². The summed E-state index contributed by atoms with van der Waals surface area (Å²) in [6.07, 6.45) is 1.68. The molecule has 1 aromatic rings. The fourth-order valence-corrected chi connectivity index (χ4v) is 2.68. The average Bonchev–Trinajstić information content (AvgIpc) is 2.33. The Kier molecular flexibility index (Phi) is 6.27. The molecular formula is C13H21NO4S. The maximum absolute atomic E-state index is 11.9. The van der Waals surface area contributed by atoms with Crippen LogP contribution in [0.1, 0.15) is 26.7 Å². The van der Waals surface area contributed by atoms with Gasteiger partial charge >= 0.3 is 0 Å². The fraction of sp³-hybridized carbons (Fsp3) is 0.538. The van der Waals surface area contributed by atoms with E-state index in [2.05, 4.69) is 4.72 Å². The molecule has 0 saturated carbocycles. The third kappa shape index (κ3) is 5.59. The molecule has 0 aliphatic rings. The van der Waals surface area contributed by atoms with Crippen molar-refractivity contribution in [1.82, 2.24) is 4.72 Å². The molecule has 0 spiro atoms. The minimum absolute atomic E-state index is 0.0894. The normalized spacial score (nSPS) is 11.9. The molecule has 5 nitrogen and oxygen atoms in total. The number of aromatic hydroxyl groups is 1. The second-order valence-corrected chi connectivity index (χ2v) is 6.23. The van der Waals surface area contributed by atoms with E-state index in [0.29, 0.717) is 19.6 Å². The SMILES string of the molecule is CC(C)OCCCCNS(=O)(=O)c1ccccc1O. The second-order valence-electron chi connectivity index (χ2n) is 4.49. The molecule has 0 heterocycles. The molecule has 0 bridgehead atoms. The first kappa shape index (κ1) is 15.9. The lowest BCUT2D eigenvalue weighted by molar-refractivity contribution is 0.0762. The van der Waals surface area contributed by atoms with E-state index in [1.54, 1.807) is 12.1 Å². The number of para-hydroxylation sites is 1. The maximum atomic E-state index is 11.9. The molecule has 0 fully saturated rings. The summed E-state index contributed by atoms with van der Waals surface area (Å²) < 4.78 is 31.6. The standard InChI is InChI=1S/C13H21NO4S/c1-11(2)18-10-6-5-9-14-19(16,17)13-8-4-3-7-12(13)15/h3-4,7-8,11,14-15H,5-6,9-10H2,1-2H3. The highest BCUT2D eigenvalue weighted by Gasteiger charge is 2.16. The molecule has 0 amide bonds. The van der Waals surface area contributed by atoms with Crippen LogP contribution in [0.2, 0.25) is 0 Å². The molecular weight excluding hydrogens is 266 g/mol. The number of unbranched alkanes of at least 4 members (excludes halogenated alkanes) is 1. The Hall–Kier alpha value is -1.11. The number of nitrogens with one attached hydrogen (secondary N) is 1. The van der Waals surface area contributed by atoms with Gasteiger partial charge in [-0.3, -0.25) is 0 Å². The number of sulfonamides is 1. The van der Waals surface area contributed by atoms with E-state index in [4.69, 9.17) is 4.74 Å². The van der Waals surface area contributed by atoms with E-state index >= 15 is 0 Å². The molecule has 1 rings (SSSR count). The predicted octanol–water partition coefficient (Wildman–Crippen LogP) is 1.88. The molecule has 6 heteroatoms. The zero-order valence-electron chi connectivity index (χ0n) is 11.3. The maximum Gasteiger partial charge on any atom is 0.244 e. The number of benzene rings is 1. The minimum Gasteiger partial charge on any atom is -0.507 e. The van der Waals surface area contributed by atoms with Crippen molar-refractivity contribution in [3.63, 3.8) is 0 Å². The van der Waals surface area contributed by atoms with Gasteiger partial charge in [0.05, 0.1) is 6.10 Å². The summed E-state index contributed by atoms with van der Waals surface area (Å²) in [4.78, 5) is -0.0894. The minimum atomic E-state index is -3.64. The lowest BCUT2D eigenvalue weighted by atomic mass is 10.3. The van der Waals surface area contributed by atoms with Crippen LogP contribution in [0.3, 0.4) is 0 Å². The average molecular weight is 287 g/mol. The van der Waals surface area contributed by atoms with Crippen LogP contribution >= 0.6 is 0 Å². The van der Waals surface area contributed by atoms with Crippen molar-refractivity contribution in [3.05, 3.63) is 24.3 Å². The Bertz CT molecular complexity index is 485. The van der Waals surface area contributed by atoms with Crippen molar-refractivity contribution >= 4 is 10.0 Å². The first-order valence-electron chi connectivity index (χ1n) is 6.33. The van der Waals surface area contributed by atoms with Crippen molar-refractivity contribution < 1.29 is 18.3 Å². The molecule has 0 saturated heterocycles. The van der Waals surface area contributed by atoms with Gasteiger partial charge in [-0.15, -0.1) is 0 Å². The van der Waals surface area contributed by atoms with Gasteiger partial charge in [-0.05, 0) is 38.8 Å². The van der Waals surface area contributed by atoms with Crippen LogP contribution in [-0.2, 0) is 14.8 Å². The summed E-state index contributed by atoms with van der Waals surface area (Å²) in [6.45, 7) is 4.87. The van der Waals surface area contributed by atoms with Gasteiger partial charge in [-0.2, -0.15) is 0 Å². The molecule has 0 radical (unpaired) electrons. The number of phenolic OH excluding ortho intramolecular Hbond substituents is 1. The number of rotatable bonds is 8. The Morgan fingerprint density at radius 1 is 1.26 bits per heavy atom. The first-order valence-corrected chi connectivity index (χ1v) is 7.81. The smallest absolute Gasteiger partial charge is 0.244 e. The third-order valence-corrected chi connectivity index (χ3v) is 3.98. The molecule has 0 atom stereocenters. The molecule has 108 valence electrons. The highest BCUT2D eigenvalue weighted by Crippen LogP contribution is 2.20. The third-order valence-electron chi connectivity index (χ3n) is 2.47. The highest BCUT2D eigenvalue weighted by molar-refractivity contribution is 7.89. The number of phenols is 1. The second kappa shape index (κ2) is 7.47. The van der Waals surface area contributed by atoms with E-state index < -0.39 is 10.0 Å². The van der Waals surface area contributed by atoms with E-state index in [-0.39, 0.29) is 16.7 Å². The summed E-state index contributed by atoms with van der Waals surface area (Å²) in [7, 11) is -3.64. The molecule has 2 N–H and O–H groups in total. The number of hydrogen-bond donors (Lipinski definition) is 2. The Morgan fingerprint density at radius 2 is 1.95 bits per heavy atom. The van der Waals surface area contributed by atoms with Gasteiger partial charge in [0.25, 0.3) is 0 Å². The van der Waals surface area contributed by atoms with Gasteiger partial charge in [-0.25, -0.2) is 13.1 Å². The summed E-state index contributed by atoms with van der Waals surface area (Å²) in [6, 6.07) is 5.88. The van der Waals surface area contributed by atoms with Gasteiger partial charge in [0.15, 0.2) is 0 Å². The predicted molar refractivity (Wildman–Crippen MR) is 73.6 cm³/mol. The van der Waals surface area contributed by atoms with Gasteiger partial charge in [0.1, 0.15) is 10.6 Å². The Balaban J connectivity index is 2.38. The van der Waals surface area contributed by atoms with Crippen LogP contribution in [0.4, 0.5) is 0 Å². The summed E-state index contributed by atoms with van der Waals surface area (Å²) in [5.41, 5.74) is 0. The van der Waals surface area contributed by atoms with Crippen LogP contribution < -0.4 is 4.72 Å². The Morgan fingerprint density at radius 3 is 2.58 bits per heavy atom. The molecule has 0 unspecified atom stereocenters. The fourth-order valence-electron chi connectivity index (χ4n) is 1.51. The lowest BCUT2D eigenvalue weighted by Crippen LogP contribution is -2.25. The highest BCUT2D eigenvalue weighted by atomic mass is 32.2. The monoisotopic (exact) mass is 287 g/mol. The van der Waals surface area contributed by atoms with Crippen molar-refractivity contribution in [3.8, 4) is 5.75 Å². The first-order chi connectivity index (χ1) is 8.93. The van der Waals surface area contributed by atoms with E-state index in [1.807, 2.05) is 13.8 Å². The van der Waals surface area contributed by atoms with Crippen LogP contribution in [0.25, 0.3) is 0 Å². The number of hydrogen-bond acceptors (Lipinski definition) is 4. The van der Waals surface area contributed by atoms with Crippen molar-refractivity contribution in [1.29, 1.82) is 0 Å². The largest absolute Gasteiger partial charge is 0.507 e. The molecule has 19 heavy (non-hydrogen) atoms. The quantitative estimate of drug-likeness (QED) is 0.716. The molecule has 0 aliphatic heterocycles. The molecule has 0 aromatic heterocycles. The Labute approximate surface area is 114 Å². The molecule has 1 aromatic carbocycles. The van der Waals surface area contributed by atoms with Gasteiger partial charge in [-0.1, -0.05) is 12.1 Å².